The van der Waals surface area contributed by atoms with Crippen LogP contribution in [0.5, 0.6) is 5.75 Å². The molecule has 6 rings (SSSR count). The minimum Gasteiger partial charge on any atom is -0.457 e. The van der Waals surface area contributed by atoms with E-state index in [0.717, 1.165) is 5.56 Å². The zero-order valence-corrected chi connectivity index (χ0v) is 28.0. The van der Waals surface area contributed by atoms with Crippen LogP contribution >= 0.6 is 11.6 Å². The number of pyridine rings is 1. The van der Waals surface area contributed by atoms with Crippen LogP contribution in [0, 0.1) is 11.7 Å². The first-order valence-electron chi connectivity index (χ1n) is 15.8. The lowest BCUT2D eigenvalue weighted by atomic mass is 9.67. The van der Waals surface area contributed by atoms with Gasteiger partial charge < -0.3 is 29.0 Å². The van der Waals surface area contributed by atoms with Crippen LogP contribution in [-0.2, 0) is 28.2 Å². The summed E-state index contributed by atoms with van der Waals surface area (Å²) in [5, 5.41) is 2.41. The van der Waals surface area contributed by atoms with E-state index in [1.54, 1.807) is 30.9 Å². The summed E-state index contributed by atoms with van der Waals surface area (Å²) >= 11 is 5.89. The Bertz CT molecular complexity index is 2040. The number of carbonyl (C=O) groups excluding carboxylic acids is 4. The van der Waals surface area contributed by atoms with E-state index in [4.69, 9.17) is 25.8 Å². The topological polar surface area (TPSA) is 133 Å². The maximum Gasteiger partial charge on any atom is 0.343 e. The Hall–Kier alpha value is -5.33. The fourth-order valence-electron chi connectivity index (χ4n) is 6.57. The molecule has 0 saturated heterocycles. The van der Waals surface area contributed by atoms with Gasteiger partial charge in [-0.3, -0.25) is 14.4 Å². The monoisotopic (exact) mass is 701 g/mol. The molecule has 1 spiro atoms. The molecular weight excluding hydrogens is 669 g/mol. The lowest BCUT2D eigenvalue weighted by Gasteiger charge is -2.54. The Morgan fingerprint density at radius 3 is 2.40 bits per heavy atom. The first kappa shape index (κ1) is 34.5. The molecule has 2 heterocycles. The molecule has 0 unspecified atom stereocenters. The highest BCUT2D eigenvalue weighted by molar-refractivity contribution is 6.30. The molecule has 1 N–H and O–H groups in total. The number of aromatic nitrogens is 1. The van der Waals surface area contributed by atoms with Crippen molar-refractivity contribution in [1.29, 1.82) is 0 Å². The molecule has 1 aliphatic heterocycles. The number of hydrogen-bond acceptors (Lipinski definition) is 8. The maximum atomic E-state index is 14.6. The van der Waals surface area contributed by atoms with E-state index in [-0.39, 0.29) is 53.0 Å². The Morgan fingerprint density at radius 1 is 0.980 bits per heavy atom. The molecule has 50 heavy (non-hydrogen) atoms. The Kier molecular flexibility index (Phi) is 9.85. The molecule has 2 amide bonds. The maximum absolute atomic E-state index is 14.6. The van der Waals surface area contributed by atoms with Crippen molar-refractivity contribution in [2.45, 2.75) is 31.5 Å². The number of ether oxygens (including phenoxy) is 3. The number of methoxy groups -OCH3 is 1. The predicted octanol–water partition coefficient (Wildman–Crippen LogP) is 4.98. The van der Waals surface area contributed by atoms with Gasteiger partial charge in [0.15, 0.2) is 5.69 Å². The van der Waals surface area contributed by atoms with Gasteiger partial charge in [0.05, 0.1) is 21.7 Å². The average Bonchev–Trinajstić information content (AvgIpc) is 3.10. The van der Waals surface area contributed by atoms with Crippen LogP contribution in [0.1, 0.15) is 65.5 Å². The first-order valence-corrected chi connectivity index (χ1v) is 16.2. The van der Waals surface area contributed by atoms with Gasteiger partial charge >= 0.3 is 11.9 Å². The second-order valence-corrected chi connectivity index (χ2v) is 12.9. The first-order chi connectivity index (χ1) is 24.0. The highest BCUT2D eigenvalue weighted by Gasteiger charge is 2.52. The number of benzene rings is 3. The van der Waals surface area contributed by atoms with Gasteiger partial charge in [-0.05, 0) is 48.6 Å². The zero-order valence-electron chi connectivity index (χ0n) is 27.2. The number of nitrogens with one attached hydrogen (secondary N) is 1. The van der Waals surface area contributed by atoms with Crippen molar-refractivity contribution in [2.24, 2.45) is 5.92 Å². The quantitative estimate of drug-likeness (QED) is 0.229. The summed E-state index contributed by atoms with van der Waals surface area (Å²) in [4.78, 5) is 69.1. The number of nitrogens with zero attached hydrogens (tertiary/aromatic N) is 2. The number of carbonyl (C=O) groups is 4. The number of halogens is 2. The van der Waals surface area contributed by atoms with Gasteiger partial charge in [0.25, 0.3) is 11.8 Å². The average molecular weight is 702 g/mol. The summed E-state index contributed by atoms with van der Waals surface area (Å²) in [5.41, 5.74) is -1.51. The second-order valence-electron chi connectivity index (χ2n) is 12.5. The molecule has 1 fully saturated rings. The van der Waals surface area contributed by atoms with Gasteiger partial charge in [0.2, 0.25) is 11.2 Å². The Balaban J connectivity index is 1.34. The minimum absolute atomic E-state index is 0.0126. The van der Waals surface area contributed by atoms with Crippen LogP contribution < -0.4 is 15.5 Å². The van der Waals surface area contributed by atoms with E-state index in [1.165, 1.54) is 53.6 Å². The molecule has 0 bridgehead atoms. The van der Waals surface area contributed by atoms with Crippen LogP contribution in [0.15, 0.2) is 83.8 Å². The van der Waals surface area contributed by atoms with Crippen LogP contribution in [0.25, 0.3) is 0 Å². The second kappa shape index (κ2) is 14.3. The third-order valence-corrected chi connectivity index (χ3v) is 9.25. The van der Waals surface area contributed by atoms with E-state index in [9.17, 15) is 28.4 Å². The fraction of sp³-hybridized carbons (Fsp3) is 0.270. The summed E-state index contributed by atoms with van der Waals surface area (Å²) < 4.78 is 32.5. The van der Waals surface area contributed by atoms with Gasteiger partial charge in [0, 0.05) is 45.6 Å². The number of hydrogen-bond donors (Lipinski definition) is 1. The summed E-state index contributed by atoms with van der Waals surface area (Å²) in [6.45, 7) is 0.465. The van der Waals surface area contributed by atoms with Crippen molar-refractivity contribution in [2.75, 3.05) is 27.3 Å². The Morgan fingerprint density at radius 2 is 1.68 bits per heavy atom. The third kappa shape index (κ3) is 6.76. The molecule has 3 aromatic carbocycles. The van der Waals surface area contributed by atoms with Gasteiger partial charge in [-0.2, -0.15) is 0 Å². The molecule has 0 atom stereocenters. The normalized spacial score (nSPS) is 17.9. The molecule has 1 aromatic heterocycles. The van der Waals surface area contributed by atoms with Crippen molar-refractivity contribution in [3.63, 3.8) is 0 Å². The molecule has 0 radical (unpaired) electrons. The molecule has 11 nitrogen and oxygen atoms in total. The van der Waals surface area contributed by atoms with E-state index >= 15 is 0 Å². The van der Waals surface area contributed by atoms with Crippen LogP contribution in [0.2, 0.25) is 5.02 Å². The summed E-state index contributed by atoms with van der Waals surface area (Å²) in [5.74, 6) is -4.40. The molecular formula is C37H33ClFN3O8. The number of esters is 2. The number of rotatable bonds is 10. The molecule has 1 aliphatic carbocycles. The molecule has 1 saturated carbocycles. The summed E-state index contributed by atoms with van der Waals surface area (Å²) in [6, 6.07) is 18.9. The standard InChI is InChI=1S/C37H33ClFN3O8/c1-41-21-37(15-23(16-37)19-48-2)42-18-27(33(44)40-17-26-12-7-13-28(38)29(26)39)31(43)32(30(42)34(41)45)50-36(47)25-11-6-10-24(14-25)35(46)49-20-22-8-4-3-5-9-22/h3-14,18,23H,15-17,19-21H2,1-2H3,(H,40,44). The smallest absolute Gasteiger partial charge is 0.343 e. The largest absolute Gasteiger partial charge is 0.457 e. The van der Waals surface area contributed by atoms with Crippen LogP contribution in [0.4, 0.5) is 4.39 Å². The SMILES string of the molecule is COCC1CC2(C1)CN(C)C(=O)c1c(OC(=O)c3cccc(C(=O)OCc4ccccc4)c3)c(=O)c(C(=O)NCc3cccc(Cl)c3F)cn12. The van der Waals surface area contributed by atoms with E-state index < -0.39 is 51.9 Å². The molecule has 258 valence electrons. The van der Waals surface area contributed by atoms with Gasteiger partial charge in [-0.25, -0.2) is 14.0 Å². The predicted molar refractivity (Wildman–Crippen MR) is 180 cm³/mol. The Labute approximate surface area is 291 Å². The number of amides is 2. The van der Waals surface area contributed by atoms with Crippen LogP contribution in [0.3, 0.4) is 0 Å². The minimum atomic E-state index is -1.04. The number of fused-ring (bicyclic) bond motifs is 2. The van der Waals surface area contributed by atoms with Crippen LogP contribution in [-0.4, -0.2) is 60.5 Å². The van der Waals surface area contributed by atoms with Crippen molar-refractivity contribution < 1.29 is 37.8 Å². The zero-order chi connectivity index (χ0) is 35.6. The molecule has 13 heteroatoms. The molecule has 2 aliphatic rings. The lowest BCUT2D eigenvalue weighted by Crippen LogP contribution is -2.60. The van der Waals surface area contributed by atoms with Crippen molar-refractivity contribution >= 4 is 35.4 Å². The molecule has 4 aromatic rings. The fourth-order valence-corrected chi connectivity index (χ4v) is 6.77. The van der Waals surface area contributed by atoms with E-state index in [0.29, 0.717) is 19.4 Å². The van der Waals surface area contributed by atoms with Crippen molar-refractivity contribution in [3.05, 3.63) is 134 Å². The van der Waals surface area contributed by atoms with Gasteiger partial charge in [-0.1, -0.05) is 60.1 Å². The summed E-state index contributed by atoms with van der Waals surface area (Å²) in [6.07, 6.45) is 2.42. The number of likely N-dealkylation sites (N-methyl/N-ethyl adjacent to an activating group) is 1. The lowest BCUT2D eigenvalue weighted by molar-refractivity contribution is -0.0190. The highest BCUT2D eigenvalue weighted by atomic mass is 35.5. The third-order valence-electron chi connectivity index (χ3n) is 8.95. The highest BCUT2D eigenvalue weighted by Crippen LogP contribution is 2.48. The van der Waals surface area contributed by atoms with E-state index in [2.05, 4.69) is 5.32 Å². The van der Waals surface area contributed by atoms with E-state index in [1.807, 2.05) is 18.2 Å². The van der Waals surface area contributed by atoms with Gasteiger partial charge in [0.1, 0.15) is 18.0 Å². The van der Waals surface area contributed by atoms with Gasteiger partial charge in [-0.15, -0.1) is 0 Å². The van der Waals surface area contributed by atoms with Crippen molar-refractivity contribution in [1.82, 2.24) is 14.8 Å². The van der Waals surface area contributed by atoms with Crippen molar-refractivity contribution in [3.8, 4) is 5.75 Å². The summed E-state index contributed by atoms with van der Waals surface area (Å²) in [7, 11) is 3.17.